The second-order valence-electron chi connectivity index (χ2n) is 5.28. The van der Waals surface area contributed by atoms with Gasteiger partial charge in [0.15, 0.2) is 0 Å². The van der Waals surface area contributed by atoms with Crippen molar-refractivity contribution in [1.82, 2.24) is 0 Å². The molecule has 7 N–H and O–H groups in total. The molecule has 6 nitrogen and oxygen atoms in total. The summed E-state index contributed by atoms with van der Waals surface area (Å²) in [7, 11) is 0. The molecule has 1 aliphatic rings. The molecule has 25 heavy (non-hydrogen) atoms. The number of halogens is 1. The van der Waals surface area contributed by atoms with E-state index >= 15 is 0 Å². The lowest BCUT2D eigenvalue weighted by atomic mass is 10.2. The zero-order valence-electron chi connectivity index (χ0n) is 13.9. The molecule has 7 heteroatoms. The van der Waals surface area contributed by atoms with Crippen LogP contribution in [0, 0.1) is 11.3 Å². The van der Waals surface area contributed by atoms with Gasteiger partial charge in [0.05, 0.1) is 16.7 Å². The zero-order valence-corrected chi connectivity index (χ0v) is 14.6. The Hall–Kier alpha value is -2.46. The maximum Gasteiger partial charge on any atom is 0.134 e. The Morgan fingerprint density at radius 3 is 2.36 bits per heavy atom. The van der Waals surface area contributed by atoms with E-state index in [0.29, 0.717) is 29.6 Å². The summed E-state index contributed by atoms with van der Waals surface area (Å²) < 4.78 is 5.18. The van der Waals surface area contributed by atoms with E-state index in [0.717, 1.165) is 13.0 Å². The highest BCUT2D eigenvalue weighted by Gasteiger charge is 2.11. The molecule has 2 aromatic rings. The molecule has 1 saturated heterocycles. The van der Waals surface area contributed by atoms with Gasteiger partial charge in [0.2, 0.25) is 0 Å². The molecule has 1 fully saturated rings. The molecular weight excluding hydrogens is 340 g/mol. The Morgan fingerprint density at radius 1 is 1.24 bits per heavy atom. The van der Waals surface area contributed by atoms with E-state index in [4.69, 9.17) is 43.9 Å². The highest BCUT2D eigenvalue weighted by molar-refractivity contribution is 6.32. The number of anilines is 2. The zero-order chi connectivity index (χ0) is 18.7. The summed E-state index contributed by atoms with van der Waals surface area (Å²) in [5.41, 5.74) is 17.7. The number of ether oxygens (including phenoxy) is 1. The summed E-state index contributed by atoms with van der Waals surface area (Å²) in [6.07, 6.45) is 2.73. The molecule has 0 bridgehead atoms. The molecule has 1 heterocycles. The van der Waals surface area contributed by atoms with E-state index in [2.05, 4.69) is 0 Å². The van der Waals surface area contributed by atoms with Crippen LogP contribution in [0.5, 0.6) is 5.75 Å². The number of phenols is 1. The number of nitrogens with two attached hydrogens (primary N) is 3. The maximum absolute atomic E-state index is 8.86. The molecule has 3 rings (SSSR count). The summed E-state index contributed by atoms with van der Waals surface area (Å²) in [5.74, 6) is 0.0610. The molecule has 1 unspecified atom stereocenters. The number of hydrogen-bond acceptors (Lipinski definition) is 6. The van der Waals surface area contributed by atoms with Gasteiger partial charge in [-0.2, -0.15) is 5.26 Å². The van der Waals surface area contributed by atoms with Gasteiger partial charge < -0.3 is 27.0 Å². The van der Waals surface area contributed by atoms with E-state index in [9.17, 15) is 0 Å². The smallest absolute Gasteiger partial charge is 0.134 e. The summed E-state index contributed by atoms with van der Waals surface area (Å²) in [5, 5.41) is 17.5. The van der Waals surface area contributed by atoms with Crippen molar-refractivity contribution in [3.05, 3.63) is 53.1 Å². The first-order valence-corrected chi connectivity index (χ1v) is 8.16. The van der Waals surface area contributed by atoms with E-state index in [1.807, 2.05) is 6.07 Å². The van der Waals surface area contributed by atoms with Crippen LogP contribution in [0.2, 0.25) is 5.02 Å². The third-order valence-electron chi connectivity index (χ3n) is 3.34. The Labute approximate surface area is 152 Å². The third kappa shape index (κ3) is 7.77. The standard InChI is InChI=1S/C7H6N2.C6H6ClNO.C5H11NO/c8-5-6-3-1-2-4-7(6)9;7-5-3-4(8)1-2-6(5)9;6-4-5-2-1-3-7-5/h1-4H,9H2;1-3,9H,8H2;5H,1-4,6H2. The van der Waals surface area contributed by atoms with Gasteiger partial charge in [0.25, 0.3) is 0 Å². The fraction of sp³-hybridized carbons (Fsp3) is 0.278. The molecule has 0 amide bonds. The van der Waals surface area contributed by atoms with Gasteiger partial charge in [-0.3, -0.25) is 0 Å². The third-order valence-corrected chi connectivity index (χ3v) is 3.64. The van der Waals surface area contributed by atoms with Crippen LogP contribution >= 0.6 is 11.6 Å². The number of nitriles is 1. The van der Waals surface area contributed by atoms with Crippen LogP contribution in [0.1, 0.15) is 18.4 Å². The Morgan fingerprint density at radius 2 is 1.96 bits per heavy atom. The molecule has 1 atom stereocenters. The van der Waals surface area contributed by atoms with Crippen molar-refractivity contribution < 1.29 is 9.84 Å². The molecule has 0 saturated carbocycles. The average molecular weight is 363 g/mol. The maximum atomic E-state index is 8.86. The van der Waals surface area contributed by atoms with E-state index in [1.54, 1.807) is 30.3 Å². The Balaban J connectivity index is 0.000000189. The number of rotatable bonds is 1. The molecule has 0 spiro atoms. The number of hydrogen-bond donors (Lipinski definition) is 4. The Kier molecular flexibility index (Phi) is 9.19. The Bertz CT molecular complexity index is 698. The lowest BCUT2D eigenvalue weighted by Gasteiger charge is -2.01. The first-order valence-electron chi connectivity index (χ1n) is 7.78. The van der Waals surface area contributed by atoms with Crippen molar-refractivity contribution in [2.75, 3.05) is 24.6 Å². The number of aromatic hydroxyl groups is 1. The molecule has 0 aliphatic carbocycles. The second kappa shape index (κ2) is 11.2. The number of nitrogens with zero attached hydrogens (tertiary/aromatic N) is 1. The van der Waals surface area contributed by atoms with Crippen LogP contribution in [0.3, 0.4) is 0 Å². The normalized spacial score (nSPS) is 15.2. The highest BCUT2D eigenvalue weighted by atomic mass is 35.5. The van der Waals surface area contributed by atoms with Crippen LogP contribution in [-0.4, -0.2) is 24.4 Å². The minimum Gasteiger partial charge on any atom is -0.506 e. The fourth-order valence-electron chi connectivity index (χ4n) is 1.95. The SMILES string of the molecule is N#Cc1ccccc1N.NCC1CCCO1.Nc1ccc(O)c(Cl)c1. The molecule has 2 aromatic carbocycles. The summed E-state index contributed by atoms with van der Waals surface area (Å²) in [6, 6.07) is 13.5. The molecule has 0 radical (unpaired) electrons. The number of para-hydroxylation sites is 1. The van der Waals surface area contributed by atoms with E-state index < -0.39 is 0 Å². The summed E-state index contributed by atoms with van der Waals surface area (Å²) in [4.78, 5) is 0. The molecule has 1 aliphatic heterocycles. The minimum atomic E-state index is 0.0610. The lowest BCUT2D eigenvalue weighted by Crippen LogP contribution is -2.17. The van der Waals surface area contributed by atoms with E-state index in [-0.39, 0.29) is 10.8 Å². The van der Waals surface area contributed by atoms with Crippen LogP contribution in [0.4, 0.5) is 11.4 Å². The number of nitrogen functional groups attached to an aromatic ring is 2. The monoisotopic (exact) mass is 362 g/mol. The highest BCUT2D eigenvalue weighted by Crippen LogP contribution is 2.24. The van der Waals surface area contributed by atoms with Crippen molar-refractivity contribution in [3.63, 3.8) is 0 Å². The lowest BCUT2D eigenvalue weighted by molar-refractivity contribution is 0.117. The van der Waals surface area contributed by atoms with Crippen LogP contribution in [-0.2, 0) is 4.74 Å². The number of phenolic OH excluding ortho intramolecular Hbond substituents is 1. The largest absolute Gasteiger partial charge is 0.506 e. The van der Waals surface area contributed by atoms with Crippen LogP contribution in [0.15, 0.2) is 42.5 Å². The van der Waals surface area contributed by atoms with Gasteiger partial charge in [0.1, 0.15) is 11.8 Å². The van der Waals surface area contributed by atoms with Gasteiger partial charge in [-0.15, -0.1) is 0 Å². The van der Waals surface area contributed by atoms with Crippen molar-refractivity contribution in [3.8, 4) is 11.8 Å². The topological polar surface area (TPSA) is 131 Å². The predicted molar refractivity (Wildman–Crippen MR) is 101 cm³/mol. The first kappa shape index (κ1) is 20.6. The first-order chi connectivity index (χ1) is 12.0. The van der Waals surface area contributed by atoms with Gasteiger partial charge in [0, 0.05) is 24.5 Å². The van der Waals surface area contributed by atoms with Gasteiger partial charge in [-0.05, 0) is 43.2 Å². The summed E-state index contributed by atoms with van der Waals surface area (Å²) in [6.45, 7) is 1.61. The fourth-order valence-corrected chi connectivity index (χ4v) is 2.14. The van der Waals surface area contributed by atoms with Crippen LogP contribution < -0.4 is 17.2 Å². The van der Waals surface area contributed by atoms with Crippen molar-refractivity contribution >= 4 is 23.0 Å². The number of benzene rings is 2. The van der Waals surface area contributed by atoms with Crippen molar-refractivity contribution in [2.24, 2.45) is 5.73 Å². The van der Waals surface area contributed by atoms with Gasteiger partial charge >= 0.3 is 0 Å². The quantitative estimate of drug-likeness (QED) is 0.455. The van der Waals surface area contributed by atoms with Crippen LogP contribution in [0.25, 0.3) is 0 Å². The molecular formula is C18H23ClN4O2. The van der Waals surface area contributed by atoms with Crippen molar-refractivity contribution in [1.29, 1.82) is 5.26 Å². The molecule has 134 valence electrons. The van der Waals surface area contributed by atoms with Gasteiger partial charge in [-0.1, -0.05) is 23.7 Å². The minimum absolute atomic E-state index is 0.0610. The second-order valence-corrected chi connectivity index (χ2v) is 5.69. The van der Waals surface area contributed by atoms with Crippen molar-refractivity contribution in [2.45, 2.75) is 18.9 Å². The molecule has 0 aromatic heterocycles. The van der Waals surface area contributed by atoms with E-state index in [1.165, 1.54) is 18.6 Å². The average Bonchev–Trinajstić information content (AvgIpc) is 3.14. The predicted octanol–water partition coefficient (Wildman–Crippen LogP) is 2.89. The summed E-state index contributed by atoms with van der Waals surface area (Å²) >= 11 is 5.48. The van der Waals surface area contributed by atoms with Gasteiger partial charge in [-0.25, -0.2) is 0 Å².